The van der Waals surface area contributed by atoms with E-state index in [-0.39, 0.29) is 17.9 Å². The lowest BCUT2D eigenvalue weighted by Gasteiger charge is -2.25. The first-order valence-corrected chi connectivity index (χ1v) is 7.74. The minimum absolute atomic E-state index is 0.128. The lowest BCUT2D eigenvalue weighted by molar-refractivity contribution is -0.146. The summed E-state index contributed by atoms with van der Waals surface area (Å²) in [5, 5.41) is 11.8. The summed E-state index contributed by atoms with van der Waals surface area (Å²) in [6.45, 7) is 1.45. The molecule has 1 fully saturated rings. The molecule has 1 aromatic carbocycles. The molecular weight excluding hydrogens is 292 g/mol. The number of carbonyl (C=O) groups excluding carboxylic acids is 2. The first-order chi connectivity index (χ1) is 11.1. The Morgan fingerprint density at radius 2 is 1.96 bits per heavy atom. The molecule has 5 nitrogen and oxygen atoms in total. The molecule has 1 N–H and O–H groups in total. The van der Waals surface area contributed by atoms with Crippen LogP contribution in [0, 0.1) is 17.2 Å². The molecule has 0 unspecified atom stereocenters. The van der Waals surface area contributed by atoms with E-state index in [4.69, 9.17) is 10.00 Å². The van der Waals surface area contributed by atoms with E-state index >= 15 is 0 Å². The molecule has 120 valence electrons. The number of amides is 1. The molecule has 0 bridgehead atoms. The Morgan fingerprint density at radius 3 is 2.61 bits per heavy atom. The van der Waals surface area contributed by atoms with Crippen molar-refractivity contribution in [1.82, 2.24) is 0 Å². The first kappa shape index (κ1) is 16.8. The zero-order valence-electron chi connectivity index (χ0n) is 13.1. The quantitative estimate of drug-likeness (QED) is 0.683. The summed E-state index contributed by atoms with van der Waals surface area (Å²) in [4.78, 5) is 22.8. The molecule has 5 heteroatoms. The Kier molecular flexibility index (Phi) is 5.93. The van der Waals surface area contributed by atoms with Crippen molar-refractivity contribution in [2.75, 3.05) is 5.32 Å². The van der Waals surface area contributed by atoms with Gasteiger partial charge in [0.25, 0.3) is 0 Å². The molecule has 0 aromatic heterocycles. The summed E-state index contributed by atoms with van der Waals surface area (Å²) in [6.07, 6.45) is 6.28. The van der Waals surface area contributed by atoms with Crippen molar-refractivity contribution in [3.63, 3.8) is 0 Å². The van der Waals surface area contributed by atoms with Crippen molar-refractivity contribution in [2.24, 2.45) is 5.92 Å². The summed E-state index contributed by atoms with van der Waals surface area (Å²) >= 11 is 0. The van der Waals surface area contributed by atoms with Crippen molar-refractivity contribution in [1.29, 1.82) is 5.26 Å². The Morgan fingerprint density at radius 1 is 1.26 bits per heavy atom. The molecule has 2 rings (SSSR count). The third-order valence-corrected chi connectivity index (χ3v) is 3.78. The van der Waals surface area contributed by atoms with Crippen LogP contribution in [0.4, 0.5) is 5.69 Å². The van der Waals surface area contributed by atoms with Gasteiger partial charge in [-0.15, -0.1) is 0 Å². The summed E-state index contributed by atoms with van der Waals surface area (Å²) in [7, 11) is 0. The van der Waals surface area contributed by atoms with E-state index in [1.807, 2.05) is 0 Å². The average Bonchev–Trinajstić information content (AvgIpc) is 2.54. The fraction of sp³-hybridized carbons (Fsp3) is 0.389. The SMILES string of the molecule is CC(=O)Nc1ccc(/C=C\C(=O)O[C@@H]2CCCC[C@H]2C#N)cc1. The van der Waals surface area contributed by atoms with Crippen LogP contribution in [0.1, 0.15) is 38.2 Å². The van der Waals surface area contributed by atoms with Gasteiger partial charge in [0.2, 0.25) is 5.91 Å². The second-order valence-electron chi connectivity index (χ2n) is 5.63. The molecule has 1 aromatic rings. The minimum Gasteiger partial charge on any atom is -0.458 e. The number of hydrogen-bond donors (Lipinski definition) is 1. The minimum atomic E-state index is -0.428. The zero-order valence-corrected chi connectivity index (χ0v) is 13.1. The van der Waals surface area contributed by atoms with Gasteiger partial charge in [-0.3, -0.25) is 4.79 Å². The van der Waals surface area contributed by atoms with Gasteiger partial charge in [0, 0.05) is 18.7 Å². The van der Waals surface area contributed by atoms with Gasteiger partial charge in [0.05, 0.1) is 12.0 Å². The van der Waals surface area contributed by atoms with Crippen LogP contribution in [0.15, 0.2) is 30.3 Å². The van der Waals surface area contributed by atoms with Crippen LogP contribution in [0.2, 0.25) is 0 Å². The molecular formula is C18H20N2O3. The molecule has 0 spiro atoms. The van der Waals surface area contributed by atoms with Crippen LogP contribution in [-0.4, -0.2) is 18.0 Å². The normalized spacial score (nSPS) is 20.7. The maximum Gasteiger partial charge on any atom is 0.331 e. The number of hydrogen-bond acceptors (Lipinski definition) is 4. The van der Waals surface area contributed by atoms with Crippen LogP contribution in [0.25, 0.3) is 6.08 Å². The van der Waals surface area contributed by atoms with Gasteiger partial charge in [0.1, 0.15) is 6.10 Å². The number of benzene rings is 1. The highest BCUT2D eigenvalue weighted by Crippen LogP contribution is 2.26. The number of ether oxygens (including phenoxy) is 1. The monoisotopic (exact) mass is 312 g/mol. The third kappa shape index (κ3) is 5.26. The molecule has 2 atom stereocenters. The topological polar surface area (TPSA) is 79.2 Å². The van der Waals surface area contributed by atoms with E-state index in [1.54, 1.807) is 30.3 Å². The second-order valence-corrected chi connectivity index (χ2v) is 5.63. The van der Waals surface area contributed by atoms with Crippen molar-refractivity contribution < 1.29 is 14.3 Å². The molecule has 1 amide bonds. The van der Waals surface area contributed by atoms with Crippen molar-refractivity contribution in [3.8, 4) is 6.07 Å². The van der Waals surface area contributed by atoms with Gasteiger partial charge in [-0.2, -0.15) is 5.26 Å². The van der Waals surface area contributed by atoms with Gasteiger partial charge in [-0.1, -0.05) is 18.6 Å². The van der Waals surface area contributed by atoms with Gasteiger partial charge >= 0.3 is 5.97 Å². The lowest BCUT2D eigenvalue weighted by atomic mass is 9.87. The molecule has 1 aliphatic carbocycles. The number of carbonyl (C=O) groups is 2. The van der Waals surface area contributed by atoms with E-state index in [2.05, 4.69) is 11.4 Å². The molecule has 1 saturated carbocycles. The Bertz CT molecular complexity index is 629. The lowest BCUT2D eigenvalue weighted by Crippen LogP contribution is -2.28. The average molecular weight is 312 g/mol. The number of nitriles is 1. The molecule has 1 aliphatic rings. The first-order valence-electron chi connectivity index (χ1n) is 7.74. The van der Waals surface area contributed by atoms with Gasteiger partial charge < -0.3 is 10.1 Å². The van der Waals surface area contributed by atoms with Crippen LogP contribution >= 0.6 is 0 Å². The Labute approximate surface area is 135 Å². The van der Waals surface area contributed by atoms with E-state index in [0.717, 1.165) is 31.2 Å². The highest BCUT2D eigenvalue weighted by atomic mass is 16.5. The predicted molar refractivity (Wildman–Crippen MR) is 87.2 cm³/mol. The van der Waals surface area contributed by atoms with Gasteiger partial charge in [-0.05, 0) is 43.0 Å². The van der Waals surface area contributed by atoms with E-state index in [1.165, 1.54) is 13.0 Å². The number of nitrogens with zero attached hydrogens (tertiary/aromatic N) is 1. The fourth-order valence-electron chi connectivity index (χ4n) is 2.62. The van der Waals surface area contributed by atoms with Crippen molar-refractivity contribution in [3.05, 3.63) is 35.9 Å². The largest absolute Gasteiger partial charge is 0.458 e. The summed E-state index contributed by atoms with van der Waals surface area (Å²) < 4.78 is 5.39. The summed E-state index contributed by atoms with van der Waals surface area (Å²) in [5.74, 6) is -0.752. The second kappa shape index (κ2) is 8.14. The molecule has 0 aliphatic heterocycles. The highest BCUT2D eigenvalue weighted by Gasteiger charge is 2.27. The molecule has 0 saturated heterocycles. The number of rotatable bonds is 4. The summed E-state index contributed by atoms with van der Waals surface area (Å²) in [6, 6.07) is 9.34. The van der Waals surface area contributed by atoms with Crippen LogP contribution in [-0.2, 0) is 14.3 Å². The van der Waals surface area contributed by atoms with Gasteiger partial charge in [-0.25, -0.2) is 4.79 Å². The third-order valence-electron chi connectivity index (χ3n) is 3.78. The Hall–Kier alpha value is -2.61. The Balaban J connectivity index is 1.90. The fourth-order valence-corrected chi connectivity index (χ4v) is 2.62. The number of anilines is 1. The summed E-state index contributed by atoms with van der Waals surface area (Å²) in [5.41, 5.74) is 1.54. The highest BCUT2D eigenvalue weighted by molar-refractivity contribution is 5.89. The van der Waals surface area contributed by atoms with Crippen LogP contribution in [0.3, 0.4) is 0 Å². The number of nitrogens with one attached hydrogen (secondary N) is 1. The number of esters is 1. The smallest absolute Gasteiger partial charge is 0.331 e. The van der Waals surface area contributed by atoms with Gasteiger partial charge in [0.15, 0.2) is 0 Å². The van der Waals surface area contributed by atoms with E-state index < -0.39 is 5.97 Å². The molecule has 23 heavy (non-hydrogen) atoms. The standard InChI is InChI=1S/C18H20N2O3/c1-13(21)20-16-9-6-14(7-10-16)8-11-18(22)23-17-5-3-2-4-15(17)12-19/h6-11,15,17H,2-5H2,1H3,(H,20,21)/b11-8-/t15-,17+/m0/s1. The van der Waals surface area contributed by atoms with Crippen molar-refractivity contribution in [2.45, 2.75) is 38.7 Å². The maximum atomic E-state index is 11.9. The van der Waals surface area contributed by atoms with E-state index in [9.17, 15) is 9.59 Å². The zero-order chi connectivity index (χ0) is 16.7. The van der Waals surface area contributed by atoms with Crippen LogP contribution in [0.5, 0.6) is 0 Å². The van der Waals surface area contributed by atoms with E-state index in [0.29, 0.717) is 5.69 Å². The predicted octanol–water partition coefficient (Wildman–Crippen LogP) is 3.28. The molecule has 0 radical (unpaired) electrons. The maximum absolute atomic E-state index is 11.9. The van der Waals surface area contributed by atoms with Crippen LogP contribution < -0.4 is 5.32 Å². The molecule has 0 heterocycles. The van der Waals surface area contributed by atoms with Crippen molar-refractivity contribution >= 4 is 23.6 Å².